The fourth-order valence-electron chi connectivity index (χ4n) is 2.22. The lowest BCUT2D eigenvalue weighted by atomic mass is 9.95. The van der Waals surface area contributed by atoms with Gasteiger partial charge >= 0.3 is 0 Å². The molecule has 0 fully saturated rings. The van der Waals surface area contributed by atoms with Crippen molar-refractivity contribution < 1.29 is 4.74 Å². The molecule has 100 valence electrons. The van der Waals surface area contributed by atoms with Gasteiger partial charge in [0.25, 0.3) is 0 Å². The Kier molecular flexibility index (Phi) is 4.27. The molecule has 0 aliphatic rings. The highest BCUT2D eigenvalue weighted by atomic mass is 79.9. The molecule has 0 radical (unpaired) electrons. The molecule has 1 atom stereocenters. The average molecular weight is 320 g/mol. The van der Waals surface area contributed by atoms with Gasteiger partial charge in [-0.15, -0.1) is 0 Å². The lowest BCUT2D eigenvalue weighted by molar-refractivity contribution is 0.411. The molecule has 2 aromatic carbocycles. The van der Waals surface area contributed by atoms with Gasteiger partial charge in [-0.05, 0) is 54.3 Å². The van der Waals surface area contributed by atoms with E-state index in [1.54, 1.807) is 7.11 Å². The zero-order valence-corrected chi connectivity index (χ0v) is 13.0. The minimum absolute atomic E-state index is 0.123. The second kappa shape index (κ2) is 5.76. The first-order valence-corrected chi connectivity index (χ1v) is 6.98. The number of benzene rings is 2. The largest absolute Gasteiger partial charge is 0.496 e. The number of methoxy groups -OCH3 is 1. The molecule has 0 bridgehead atoms. The molecule has 0 aliphatic carbocycles. The van der Waals surface area contributed by atoms with E-state index in [0.29, 0.717) is 0 Å². The highest BCUT2D eigenvalue weighted by molar-refractivity contribution is 9.10. The van der Waals surface area contributed by atoms with E-state index >= 15 is 0 Å². The van der Waals surface area contributed by atoms with Crippen molar-refractivity contribution >= 4 is 15.9 Å². The van der Waals surface area contributed by atoms with Crippen molar-refractivity contribution in [2.24, 2.45) is 5.73 Å². The van der Waals surface area contributed by atoms with Crippen molar-refractivity contribution in [3.63, 3.8) is 0 Å². The molecule has 2 aromatic rings. The maximum Gasteiger partial charge on any atom is 0.121 e. The molecule has 0 aromatic heterocycles. The zero-order chi connectivity index (χ0) is 14.0. The molecule has 0 aliphatic heterocycles. The zero-order valence-electron chi connectivity index (χ0n) is 11.4. The van der Waals surface area contributed by atoms with Crippen LogP contribution in [-0.4, -0.2) is 7.11 Å². The summed E-state index contributed by atoms with van der Waals surface area (Å²) in [5.41, 5.74) is 10.9. The molecule has 0 heterocycles. The molecule has 0 saturated carbocycles. The van der Waals surface area contributed by atoms with Gasteiger partial charge in [-0.25, -0.2) is 0 Å². The Morgan fingerprint density at radius 1 is 1.05 bits per heavy atom. The maximum absolute atomic E-state index is 6.38. The Morgan fingerprint density at radius 3 is 2.42 bits per heavy atom. The third-order valence-corrected chi connectivity index (χ3v) is 3.85. The molecule has 0 spiro atoms. The van der Waals surface area contributed by atoms with E-state index < -0.39 is 0 Å². The van der Waals surface area contributed by atoms with Crippen LogP contribution in [0.3, 0.4) is 0 Å². The van der Waals surface area contributed by atoms with Gasteiger partial charge < -0.3 is 10.5 Å². The summed E-state index contributed by atoms with van der Waals surface area (Å²) < 4.78 is 6.33. The van der Waals surface area contributed by atoms with Crippen LogP contribution in [0.2, 0.25) is 0 Å². The Hall–Kier alpha value is -1.32. The Bertz CT molecular complexity index is 595. The summed E-state index contributed by atoms with van der Waals surface area (Å²) in [5, 5.41) is 0. The van der Waals surface area contributed by atoms with E-state index in [4.69, 9.17) is 10.5 Å². The molecule has 3 heteroatoms. The Balaban J connectivity index is 2.41. The van der Waals surface area contributed by atoms with E-state index in [0.717, 1.165) is 26.9 Å². The van der Waals surface area contributed by atoms with Crippen LogP contribution >= 0.6 is 15.9 Å². The van der Waals surface area contributed by atoms with Crippen LogP contribution in [-0.2, 0) is 0 Å². The molecular weight excluding hydrogens is 302 g/mol. The molecule has 1 unspecified atom stereocenters. The van der Waals surface area contributed by atoms with Gasteiger partial charge in [-0.3, -0.25) is 0 Å². The van der Waals surface area contributed by atoms with E-state index in [2.05, 4.69) is 41.1 Å². The first-order chi connectivity index (χ1) is 9.02. The second-order valence-corrected chi connectivity index (χ2v) is 5.62. The first kappa shape index (κ1) is 14.1. The molecule has 0 amide bonds. The summed E-state index contributed by atoms with van der Waals surface area (Å²) in [4.78, 5) is 0. The number of nitrogens with two attached hydrogens (primary N) is 1. The van der Waals surface area contributed by atoms with Crippen LogP contribution in [0.4, 0.5) is 0 Å². The normalized spacial score (nSPS) is 12.3. The van der Waals surface area contributed by atoms with E-state index in [-0.39, 0.29) is 6.04 Å². The summed E-state index contributed by atoms with van der Waals surface area (Å²) in [5.74, 6) is 0.891. The summed E-state index contributed by atoms with van der Waals surface area (Å²) in [7, 11) is 1.68. The number of hydrogen-bond acceptors (Lipinski definition) is 2. The molecular formula is C16H18BrNO. The van der Waals surface area contributed by atoms with Crippen LogP contribution in [0.1, 0.15) is 28.3 Å². The van der Waals surface area contributed by atoms with E-state index in [1.807, 2.05) is 25.1 Å². The smallest absolute Gasteiger partial charge is 0.121 e. The standard InChI is InChI=1S/C16H18BrNO/c1-10-4-6-13(17)9-14(10)16(18)12-5-7-15(19-3)11(2)8-12/h4-9,16H,18H2,1-3H3. The van der Waals surface area contributed by atoms with Gasteiger partial charge in [0.15, 0.2) is 0 Å². The van der Waals surface area contributed by atoms with Crippen molar-refractivity contribution in [3.05, 3.63) is 63.1 Å². The number of ether oxygens (including phenoxy) is 1. The lowest BCUT2D eigenvalue weighted by Gasteiger charge is -2.17. The molecule has 2 nitrogen and oxygen atoms in total. The highest BCUT2D eigenvalue weighted by Gasteiger charge is 2.13. The molecule has 0 saturated heterocycles. The lowest BCUT2D eigenvalue weighted by Crippen LogP contribution is -2.13. The number of halogens is 1. The van der Waals surface area contributed by atoms with Gasteiger partial charge in [-0.1, -0.05) is 34.1 Å². The predicted molar refractivity (Wildman–Crippen MR) is 82.6 cm³/mol. The monoisotopic (exact) mass is 319 g/mol. The van der Waals surface area contributed by atoms with Gasteiger partial charge in [0.1, 0.15) is 5.75 Å². The second-order valence-electron chi connectivity index (χ2n) is 4.71. The van der Waals surface area contributed by atoms with Gasteiger partial charge in [0.05, 0.1) is 13.2 Å². The van der Waals surface area contributed by atoms with Crippen LogP contribution < -0.4 is 10.5 Å². The summed E-state index contributed by atoms with van der Waals surface area (Å²) in [6.45, 7) is 4.11. The van der Waals surface area contributed by atoms with E-state index in [1.165, 1.54) is 5.56 Å². The highest BCUT2D eigenvalue weighted by Crippen LogP contribution is 2.28. The SMILES string of the molecule is COc1ccc(C(N)c2cc(Br)ccc2C)cc1C. The molecule has 2 rings (SSSR count). The average Bonchev–Trinajstić information content (AvgIpc) is 2.40. The van der Waals surface area contributed by atoms with Gasteiger partial charge in [0, 0.05) is 4.47 Å². The Morgan fingerprint density at radius 2 is 1.79 bits per heavy atom. The predicted octanol–water partition coefficient (Wildman–Crippen LogP) is 4.12. The van der Waals surface area contributed by atoms with Gasteiger partial charge in [-0.2, -0.15) is 0 Å². The van der Waals surface area contributed by atoms with Gasteiger partial charge in [0.2, 0.25) is 0 Å². The van der Waals surface area contributed by atoms with Crippen LogP contribution in [0.25, 0.3) is 0 Å². The molecule has 19 heavy (non-hydrogen) atoms. The number of aryl methyl sites for hydroxylation is 2. The third kappa shape index (κ3) is 2.99. The van der Waals surface area contributed by atoms with Crippen molar-refractivity contribution in [2.45, 2.75) is 19.9 Å². The fourth-order valence-corrected chi connectivity index (χ4v) is 2.60. The van der Waals surface area contributed by atoms with Crippen LogP contribution in [0.15, 0.2) is 40.9 Å². The third-order valence-electron chi connectivity index (χ3n) is 3.35. The van der Waals surface area contributed by atoms with Crippen LogP contribution in [0, 0.1) is 13.8 Å². The minimum Gasteiger partial charge on any atom is -0.496 e. The van der Waals surface area contributed by atoms with Crippen molar-refractivity contribution in [3.8, 4) is 5.75 Å². The topological polar surface area (TPSA) is 35.2 Å². The van der Waals surface area contributed by atoms with E-state index in [9.17, 15) is 0 Å². The summed E-state index contributed by atoms with van der Waals surface area (Å²) in [6, 6.07) is 12.2. The van der Waals surface area contributed by atoms with Crippen molar-refractivity contribution in [1.29, 1.82) is 0 Å². The number of rotatable bonds is 3. The summed E-state index contributed by atoms with van der Waals surface area (Å²) >= 11 is 3.50. The van der Waals surface area contributed by atoms with Crippen molar-refractivity contribution in [2.75, 3.05) is 7.11 Å². The fraction of sp³-hybridized carbons (Fsp3) is 0.250. The summed E-state index contributed by atoms with van der Waals surface area (Å²) in [6.07, 6.45) is 0. The molecule has 2 N–H and O–H groups in total. The minimum atomic E-state index is -0.123. The van der Waals surface area contributed by atoms with Crippen molar-refractivity contribution in [1.82, 2.24) is 0 Å². The quantitative estimate of drug-likeness (QED) is 0.923. The first-order valence-electron chi connectivity index (χ1n) is 6.19. The van der Waals surface area contributed by atoms with Crippen LogP contribution in [0.5, 0.6) is 5.75 Å². The Labute approximate surface area is 122 Å². The maximum atomic E-state index is 6.38. The number of hydrogen-bond donors (Lipinski definition) is 1.